The van der Waals surface area contributed by atoms with Crippen molar-refractivity contribution < 1.29 is 0 Å². The van der Waals surface area contributed by atoms with Gasteiger partial charge >= 0.3 is 0 Å². The Labute approximate surface area is 349 Å². The topological polar surface area (TPSA) is 6.48 Å². The number of hydrogen-bond acceptors (Lipinski definition) is 2. The Bertz CT molecular complexity index is 2200. The van der Waals surface area contributed by atoms with Crippen molar-refractivity contribution in [3.63, 3.8) is 0 Å². The van der Waals surface area contributed by atoms with Gasteiger partial charge in [0.15, 0.2) is 0 Å². The molecule has 0 amide bonds. The van der Waals surface area contributed by atoms with Gasteiger partial charge < -0.3 is 9.80 Å². The van der Waals surface area contributed by atoms with Crippen molar-refractivity contribution in [2.24, 2.45) is 11.8 Å². The molecule has 0 spiro atoms. The van der Waals surface area contributed by atoms with Crippen molar-refractivity contribution >= 4 is 40.6 Å². The molecule has 0 saturated heterocycles. The van der Waals surface area contributed by atoms with E-state index in [0.29, 0.717) is 17.8 Å². The number of nitrogens with zero attached hydrogens (tertiary/aromatic N) is 2. The first-order valence-electron chi connectivity index (χ1n) is 21.2. The predicted molar refractivity (Wildman–Crippen MR) is 254 cm³/mol. The van der Waals surface area contributed by atoms with Gasteiger partial charge in [0.2, 0.25) is 0 Å². The number of allylic oxidation sites excluding steroid dienone is 10. The first kappa shape index (κ1) is 41.5. The zero-order valence-corrected chi connectivity index (χ0v) is 34.9. The highest BCUT2D eigenvalue weighted by molar-refractivity contribution is 5.77. The summed E-state index contributed by atoms with van der Waals surface area (Å²) >= 11 is 0. The van der Waals surface area contributed by atoms with Crippen LogP contribution in [-0.2, 0) is 0 Å². The first-order chi connectivity index (χ1) is 28.5. The third-order valence-corrected chi connectivity index (χ3v) is 11.2. The van der Waals surface area contributed by atoms with E-state index in [1.165, 1.54) is 41.8 Å². The second-order valence-corrected chi connectivity index (χ2v) is 15.4. The second-order valence-electron chi connectivity index (χ2n) is 15.4. The predicted octanol–water partition coefficient (Wildman–Crippen LogP) is 16.5. The largest absolute Gasteiger partial charge is 0.311 e. The van der Waals surface area contributed by atoms with Gasteiger partial charge in [0.25, 0.3) is 0 Å². The fraction of sp³-hybridized carbons (Fsp3) is 0.214. The minimum atomic E-state index is 0.563. The molecular formula is C56H60N2. The molecule has 0 aromatic heterocycles. The molecule has 2 nitrogen and oxygen atoms in total. The van der Waals surface area contributed by atoms with E-state index in [4.69, 9.17) is 0 Å². The molecule has 0 aliphatic heterocycles. The first-order valence-corrected chi connectivity index (χ1v) is 21.2. The van der Waals surface area contributed by atoms with Crippen molar-refractivity contribution in [2.45, 2.75) is 65.7 Å². The van der Waals surface area contributed by atoms with Gasteiger partial charge in [-0.25, -0.2) is 0 Å². The normalized spacial score (nSPS) is 15.5. The van der Waals surface area contributed by atoms with Crippen LogP contribution in [0.3, 0.4) is 0 Å². The molecule has 58 heavy (non-hydrogen) atoms. The Morgan fingerprint density at radius 1 is 0.655 bits per heavy atom. The molecular weight excluding hydrogens is 701 g/mol. The molecule has 0 fully saturated rings. The smallest absolute Gasteiger partial charge is 0.0462 e. The van der Waals surface area contributed by atoms with Crippen LogP contribution in [0.4, 0.5) is 28.4 Å². The second kappa shape index (κ2) is 21.4. The molecule has 5 aromatic rings. The molecule has 6 rings (SSSR count). The van der Waals surface area contributed by atoms with Gasteiger partial charge in [-0.3, -0.25) is 0 Å². The average molecular weight is 761 g/mol. The van der Waals surface area contributed by atoms with Crippen LogP contribution in [0.25, 0.3) is 12.2 Å². The van der Waals surface area contributed by atoms with Crippen molar-refractivity contribution in [1.29, 1.82) is 0 Å². The third kappa shape index (κ3) is 11.3. The van der Waals surface area contributed by atoms with E-state index in [2.05, 4.69) is 232 Å². The summed E-state index contributed by atoms with van der Waals surface area (Å²) < 4.78 is 0. The fourth-order valence-corrected chi connectivity index (χ4v) is 7.57. The lowest BCUT2D eigenvalue weighted by molar-refractivity contribution is 0.416. The van der Waals surface area contributed by atoms with Crippen LogP contribution in [0.5, 0.6) is 0 Å². The Kier molecular flexibility index (Phi) is 15.3. The Morgan fingerprint density at radius 2 is 1.21 bits per heavy atom. The molecule has 0 bridgehead atoms. The molecule has 3 unspecified atom stereocenters. The summed E-state index contributed by atoms with van der Waals surface area (Å²) in [4.78, 5) is 4.69. The minimum absolute atomic E-state index is 0.563. The summed E-state index contributed by atoms with van der Waals surface area (Å²) in [6.07, 6.45) is 29.6. The van der Waals surface area contributed by atoms with Crippen molar-refractivity contribution in [2.75, 3.05) is 9.80 Å². The molecule has 5 aromatic carbocycles. The van der Waals surface area contributed by atoms with Crippen LogP contribution >= 0.6 is 0 Å². The lowest BCUT2D eigenvalue weighted by Gasteiger charge is -2.30. The summed E-state index contributed by atoms with van der Waals surface area (Å²) in [7, 11) is 0. The molecule has 3 atom stereocenters. The van der Waals surface area contributed by atoms with Crippen LogP contribution in [0, 0.1) is 11.8 Å². The standard InChI is InChI=1S/C56H60N2/c1-6-18-45(5)50-34-42-56(43-35-50)58(52-24-16-11-17-25-52)54-38-30-48(31-39-54)27-26-46(19-7-2)20-12-9-13-21-47-28-36-53(37-29-47)57(51-22-14-10-15-23-51)55-40-32-49(33-41-55)44(4)8-3/h7,10-17,19-32,34-45,49H,2,6,8-9,18,33H2,1,3-5H3/b20-12-,21-13+,27-26+,46-19+. The minimum Gasteiger partial charge on any atom is -0.311 e. The van der Waals surface area contributed by atoms with Crippen LogP contribution in [-0.4, -0.2) is 0 Å². The van der Waals surface area contributed by atoms with Crippen molar-refractivity contribution in [3.05, 3.63) is 223 Å². The molecule has 0 heterocycles. The summed E-state index contributed by atoms with van der Waals surface area (Å²) in [6, 6.07) is 48.0. The number of rotatable bonds is 18. The molecule has 0 saturated carbocycles. The molecule has 1 aliphatic carbocycles. The number of para-hydroxylation sites is 2. The third-order valence-electron chi connectivity index (χ3n) is 11.2. The van der Waals surface area contributed by atoms with Gasteiger partial charge in [-0.15, -0.1) is 0 Å². The van der Waals surface area contributed by atoms with E-state index >= 15 is 0 Å². The highest BCUT2D eigenvalue weighted by atomic mass is 15.1. The maximum absolute atomic E-state index is 3.96. The van der Waals surface area contributed by atoms with Crippen LogP contribution in [0.1, 0.15) is 82.4 Å². The average Bonchev–Trinajstić information content (AvgIpc) is 3.27. The fourth-order valence-electron chi connectivity index (χ4n) is 7.57. The van der Waals surface area contributed by atoms with Gasteiger partial charge in [-0.2, -0.15) is 0 Å². The lowest BCUT2D eigenvalue weighted by atomic mass is 9.86. The van der Waals surface area contributed by atoms with Crippen LogP contribution in [0.2, 0.25) is 0 Å². The lowest BCUT2D eigenvalue weighted by Crippen LogP contribution is -2.19. The van der Waals surface area contributed by atoms with E-state index in [1.54, 1.807) is 0 Å². The molecule has 294 valence electrons. The zero-order chi connectivity index (χ0) is 40.5. The van der Waals surface area contributed by atoms with Crippen LogP contribution in [0.15, 0.2) is 206 Å². The summed E-state index contributed by atoms with van der Waals surface area (Å²) in [5.74, 6) is 1.86. The Hall–Kier alpha value is -6.12. The van der Waals surface area contributed by atoms with Gasteiger partial charge in [0, 0.05) is 34.1 Å². The van der Waals surface area contributed by atoms with E-state index in [1.807, 2.05) is 12.2 Å². The maximum atomic E-state index is 3.96. The number of anilines is 5. The highest BCUT2D eigenvalue weighted by Crippen LogP contribution is 2.37. The van der Waals surface area contributed by atoms with E-state index in [9.17, 15) is 0 Å². The van der Waals surface area contributed by atoms with Gasteiger partial charge in [-0.05, 0) is 126 Å². The monoisotopic (exact) mass is 760 g/mol. The molecule has 0 N–H and O–H groups in total. The van der Waals surface area contributed by atoms with E-state index in [-0.39, 0.29) is 0 Å². The van der Waals surface area contributed by atoms with E-state index < -0.39 is 0 Å². The van der Waals surface area contributed by atoms with Crippen LogP contribution < -0.4 is 9.80 Å². The van der Waals surface area contributed by atoms with Gasteiger partial charge in [-0.1, -0.05) is 181 Å². The zero-order valence-electron chi connectivity index (χ0n) is 34.9. The summed E-state index contributed by atoms with van der Waals surface area (Å²) in [5.41, 5.74) is 11.8. The Balaban J connectivity index is 1.08. The van der Waals surface area contributed by atoms with Gasteiger partial charge in [0.1, 0.15) is 0 Å². The Morgan fingerprint density at radius 3 is 1.76 bits per heavy atom. The summed E-state index contributed by atoms with van der Waals surface area (Å²) in [5, 5.41) is 0. The molecule has 1 aliphatic rings. The SMILES string of the molecule is C=C/C=C(\C=C/C/C=C/c1ccc(N(C2=CCC(C(C)CC)C=C2)c2ccccc2)cc1)/C=C/c1ccc(N(c2ccccc2)c2ccc(C(C)CCC)cc2)cc1. The quantitative estimate of drug-likeness (QED) is 0.0821. The summed E-state index contributed by atoms with van der Waals surface area (Å²) in [6.45, 7) is 13.2. The number of hydrogen-bond donors (Lipinski definition) is 0. The van der Waals surface area contributed by atoms with Crippen molar-refractivity contribution in [3.8, 4) is 0 Å². The molecule has 2 heteroatoms. The highest BCUT2D eigenvalue weighted by Gasteiger charge is 2.19. The maximum Gasteiger partial charge on any atom is 0.0462 e. The molecule has 0 radical (unpaired) electrons. The van der Waals surface area contributed by atoms with Crippen molar-refractivity contribution in [1.82, 2.24) is 0 Å². The number of benzene rings is 5. The van der Waals surface area contributed by atoms with Gasteiger partial charge in [0.05, 0.1) is 0 Å². The van der Waals surface area contributed by atoms with E-state index in [0.717, 1.165) is 46.7 Å².